The summed E-state index contributed by atoms with van der Waals surface area (Å²) in [6.45, 7) is 0.510. The highest BCUT2D eigenvalue weighted by Gasteiger charge is 2.34. The van der Waals surface area contributed by atoms with Crippen molar-refractivity contribution in [3.05, 3.63) is 35.3 Å². The molecule has 1 aromatic carbocycles. The number of thioether (sulfide) groups is 1. The normalized spacial score (nSPS) is 12.3. The Labute approximate surface area is 143 Å². The molecule has 0 bridgehead atoms. The van der Waals surface area contributed by atoms with Gasteiger partial charge in [-0.05, 0) is 34.8 Å². The van der Waals surface area contributed by atoms with Crippen LogP contribution in [0.4, 0.5) is 29.1 Å². The molecule has 25 heavy (non-hydrogen) atoms. The fourth-order valence-electron chi connectivity index (χ4n) is 1.79. The predicted molar refractivity (Wildman–Crippen MR) is 83.7 cm³/mol. The van der Waals surface area contributed by atoms with E-state index in [2.05, 4.69) is 25.3 Å². The minimum Gasteiger partial charge on any atom is -0.364 e. The molecule has 0 aliphatic heterocycles. The average Bonchev–Trinajstić information content (AvgIpc) is 3.01. The van der Waals surface area contributed by atoms with Crippen molar-refractivity contribution in [1.29, 1.82) is 0 Å². The Balaban J connectivity index is 2.34. The maximum absolute atomic E-state index is 13.3. The molecule has 2 aromatic rings. The van der Waals surface area contributed by atoms with Crippen LogP contribution >= 0.6 is 11.8 Å². The Morgan fingerprint density at radius 3 is 2.76 bits per heavy atom. The molecule has 0 saturated carbocycles. The molecule has 1 aromatic heterocycles. The number of hydroxylamine groups is 1. The Bertz CT molecular complexity index is 750. The molecule has 0 aliphatic rings. The molecule has 2 rings (SSSR count). The van der Waals surface area contributed by atoms with Gasteiger partial charge in [0.15, 0.2) is 11.5 Å². The van der Waals surface area contributed by atoms with Crippen molar-refractivity contribution in [2.75, 3.05) is 23.9 Å². The highest BCUT2D eigenvalue weighted by molar-refractivity contribution is 7.98. The molecule has 7 nitrogen and oxygen atoms in total. The molecule has 3 N–H and O–H groups in total. The van der Waals surface area contributed by atoms with Crippen molar-refractivity contribution in [2.24, 2.45) is 4.99 Å². The minimum atomic E-state index is -4.87. The van der Waals surface area contributed by atoms with E-state index in [0.29, 0.717) is 18.7 Å². The van der Waals surface area contributed by atoms with Gasteiger partial charge in [-0.3, -0.25) is 10.7 Å². The standard InChI is InChI=1S/C13H13F4N5O2S/c1-25-5-4-18-11-10(21-24-22-11)12(20-23)19-7-2-3-9(14)8(6-7)13(15,16)17/h2-3,6,23H,4-5H2,1H3,(H,18,22)(H,19,20). The van der Waals surface area contributed by atoms with E-state index in [1.165, 1.54) is 0 Å². The van der Waals surface area contributed by atoms with Crippen molar-refractivity contribution in [1.82, 2.24) is 15.8 Å². The van der Waals surface area contributed by atoms with E-state index in [9.17, 15) is 22.8 Å². The average molecular weight is 379 g/mol. The number of rotatable bonds is 6. The van der Waals surface area contributed by atoms with Crippen molar-refractivity contribution in [3.8, 4) is 0 Å². The molecule has 1 heterocycles. The number of alkyl halides is 3. The van der Waals surface area contributed by atoms with Crippen molar-refractivity contribution in [2.45, 2.75) is 6.18 Å². The summed E-state index contributed by atoms with van der Waals surface area (Å²) in [5.41, 5.74) is -0.0331. The Kier molecular flexibility index (Phi) is 6.20. The first-order valence-corrected chi connectivity index (χ1v) is 8.17. The van der Waals surface area contributed by atoms with E-state index in [1.54, 1.807) is 17.2 Å². The first-order valence-electron chi connectivity index (χ1n) is 6.78. The number of hydrogen-bond acceptors (Lipinski definition) is 7. The number of aliphatic imine (C=N–C) groups is 1. The van der Waals surface area contributed by atoms with Gasteiger partial charge >= 0.3 is 6.18 Å². The van der Waals surface area contributed by atoms with Gasteiger partial charge in [0.05, 0.1) is 11.3 Å². The maximum Gasteiger partial charge on any atom is 0.419 e. The van der Waals surface area contributed by atoms with Crippen molar-refractivity contribution in [3.63, 3.8) is 0 Å². The zero-order valence-corrected chi connectivity index (χ0v) is 13.6. The summed E-state index contributed by atoms with van der Waals surface area (Å²) in [5, 5.41) is 19.2. The number of anilines is 1. The van der Waals surface area contributed by atoms with Gasteiger partial charge in [0, 0.05) is 12.3 Å². The number of hydrogen-bond donors (Lipinski definition) is 3. The van der Waals surface area contributed by atoms with Crippen LogP contribution in [-0.2, 0) is 6.18 Å². The first kappa shape index (κ1) is 19.0. The predicted octanol–water partition coefficient (Wildman–Crippen LogP) is 3.06. The maximum atomic E-state index is 13.3. The Morgan fingerprint density at radius 1 is 1.36 bits per heavy atom. The van der Waals surface area contributed by atoms with E-state index < -0.39 is 17.6 Å². The largest absolute Gasteiger partial charge is 0.419 e. The van der Waals surface area contributed by atoms with Gasteiger partial charge in [0.1, 0.15) is 5.82 Å². The van der Waals surface area contributed by atoms with Crippen LogP contribution in [0.5, 0.6) is 0 Å². The molecule has 12 heteroatoms. The van der Waals surface area contributed by atoms with Crippen LogP contribution in [-0.4, -0.2) is 39.9 Å². The molecule has 0 saturated heterocycles. The van der Waals surface area contributed by atoms with Crippen LogP contribution in [0.1, 0.15) is 11.3 Å². The van der Waals surface area contributed by atoms with Gasteiger partial charge in [0.2, 0.25) is 5.82 Å². The van der Waals surface area contributed by atoms with Gasteiger partial charge in [-0.2, -0.15) is 24.9 Å². The molecule has 136 valence electrons. The summed E-state index contributed by atoms with van der Waals surface area (Å²) < 4.78 is 56.1. The van der Waals surface area contributed by atoms with E-state index in [-0.39, 0.29) is 23.0 Å². The van der Waals surface area contributed by atoms with Crippen molar-refractivity contribution < 1.29 is 27.4 Å². The van der Waals surface area contributed by atoms with Crippen LogP contribution in [0.15, 0.2) is 27.8 Å². The minimum absolute atomic E-state index is 0.0403. The monoisotopic (exact) mass is 379 g/mol. The van der Waals surface area contributed by atoms with Crippen LogP contribution in [0, 0.1) is 5.82 Å². The summed E-state index contributed by atoms with van der Waals surface area (Å²) in [7, 11) is 0. The van der Waals surface area contributed by atoms with E-state index in [1.807, 2.05) is 6.26 Å². The number of benzene rings is 1. The Morgan fingerprint density at radius 2 is 2.12 bits per heavy atom. The lowest BCUT2D eigenvalue weighted by atomic mass is 10.2. The third-order valence-electron chi connectivity index (χ3n) is 2.91. The van der Waals surface area contributed by atoms with E-state index >= 15 is 0 Å². The summed E-state index contributed by atoms with van der Waals surface area (Å²) >= 11 is 1.57. The number of nitrogens with one attached hydrogen (secondary N) is 2. The number of nitrogens with zero attached hydrogens (tertiary/aromatic N) is 3. The van der Waals surface area contributed by atoms with Crippen molar-refractivity contribution >= 4 is 29.1 Å². The second-order valence-corrected chi connectivity index (χ2v) is 5.60. The summed E-state index contributed by atoms with van der Waals surface area (Å²) in [5.74, 6) is -0.842. The number of halogens is 4. The van der Waals surface area contributed by atoms with Gasteiger partial charge in [-0.1, -0.05) is 0 Å². The number of aromatic nitrogens is 2. The smallest absolute Gasteiger partial charge is 0.364 e. The summed E-state index contributed by atoms with van der Waals surface area (Å²) in [6.07, 6.45) is -2.97. The van der Waals surface area contributed by atoms with E-state index in [0.717, 1.165) is 11.8 Å². The van der Waals surface area contributed by atoms with Crippen LogP contribution < -0.4 is 10.8 Å². The fourth-order valence-corrected chi connectivity index (χ4v) is 2.10. The Hall–Kier alpha value is -2.34. The summed E-state index contributed by atoms with van der Waals surface area (Å²) in [4.78, 5) is 3.80. The van der Waals surface area contributed by atoms with Gasteiger partial charge in [0.25, 0.3) is 0 Å². The van der Waals surface area contributed by atoms with E-state index in [4.69, 9.17) is 0 Å². The third-order valence-corrected chi connectivity index (χ3v) is 3.53. The topological polar surface area (TPSA) is 95.6 Å². The van der Waals surface area contributed by atoms with Gasteiger partial charge in [-0.25, -0.2) is 14.0 Å². The lowest BCUT2D eigenvalue weighted by Gasteiger charge is -2.09. The lowest BCUT2D eigenvalue weighted by Crippen LogP contribution is -2.22. The molecule has 0 aliphatic carbocycles. The third kappa shape index (κ3) is 4.82. The van der Waals surface area contributed by atoms with Gasteiger partial charge in [-0.15, -0.1) is 0 Å². The molecule has 0 radical (unpaired) electrons. The molecule has 0 spiro atoms. The molecule has 0 fully saturated rings. The molecule has 0 unspecified atom stereocenters. The molecule has 0 amide bonds. The second-order valence-electron chi connectivity index (χ2n) is 4.62. The molecular formula is C13H13F4N5O2S. The van der Waals surface area contributed by atoms with Crippen LogP contribution in [0.2, 0.25) is 0 Å². The lowest BCUT2D eigenvalue weighted by molar-refractivity contribution is -0.139. The SMILES string of the molecule is CSCCNc1nonc1C(=Nc1ccc(F)c(C(F)(F)F)c1)NO. The zero-order valence-electron chi connectivity index (χ0n) is 12.8. The first-order chi connectivity index (χ1) is 11.9. The molecule has 0 atom stereocenters. The zero-order chi connectivity index (χ0) is 18.4. The van der Waals surface area contributed by atoms with Crippen LogP contribution in [0.3, 0.4) is 0 Å². The second kappa shape index (κ2) is 8.16. The summed E-state index contributed by atoms with van der Waals surface area (Å²) in [6, 6.07) is 2.17. The molecular weight excluding hydrogens is 366 g/mol. The highest BCUT2D eigenvalue weighted by Crippen LogP contribution is 2.33. The highest BCUT2D eigenvalue weighted by atomic mass is 32.2. The van der Waals surface area contributed by atoms with Gasteiger partial charge < -0.3 is 5.32 Å². The quantitative estimate of drug-likeness (QED) is 0.233. The number of amidine groups is 1. The van der Waals surface area contributed by atoms with Crippen LogP contribution in [0.25, 0.3) is 0 Å². The fraction of sp³-hybridized carbons (Fsp3) is 0.308.